The quantitative estimate of drug-likeness (QED) is 0.390. The van der Waals surface area contributed by atoms with E-state index in [0.717, 1.165) is 19.3 Å². The lowest BCUT2D eigenvalue weighted by Gasteiger charge is -2.20. The zero-order chi connectivity index (χ0) is 17.6. The van der Waals surface area contributed by atoms with Crippen LogP contribution in [0.25, 0.3) is 0 Å². The highest BCUT2D eigenvalue weighted by Crippen LogP contribution is 2.25. The first-order valence-electron chi connectivity index (χ1n) is 9.27. The van der Waals surface area contributed by atoms with Crippen molar-refractivity contribution in [3.63, 3.8) is 0 Å². The van der Waals surface area contributed by atoms with E-state index in [1.54, 1.807) is 24.3 Å². The van der Waals surface area contributed by atoms with Crippen LogP contribution >= 0.6 is 24.0 Å². The predicted molar refractivity (Wildman–Crippen MR) is 105 cm³/mol. The maximum atomic E-state index is 11.2. The number of hydrogen-bond acceptors (Lipinski definition) is 3. The molecule has 0 saturated carbocycles. The molecule has 0 bridgehead atoms. The highest BCUT2D eigenvalue weighted by atomic mass is 35.5. The Kier molecular flexibility index (Phi) is 14.8. The van der Waals surface area contributed by atoms with Crippen LogP contribution in [0.15, 0.2) is 24.3 Å². The molecule has 1 atom stereocenters. The van der Waals surface area contributed by atoms with Gasteiger partial charge in [-0.3, -0.25) is 0 Å². The van der Waals surface area contributed by atoms with Gasteiger partial charge in [-0.15, -0.1) is 12.4 Å². The second kappa shape index (κ2) is 15.3. The lowest BCUT2D eigenvalue weighted by Crippen LogP contribution is -2.39. The van der Waals surface area contributed by atoms with Crippen molar-refractivity contribution < 1.29 is 14.6 Å². The smallest absolute Gasteiger partial charge is 0.138 e. The summed E-state index contributed by atoms with van der Waals surface area (Å²) in [4.78, 5) is 11.2. The van der Waals surface area contributed by atoms with E-state index < -0.39 is 12.1 Å². The highest BCUT2D eigenvalue weighted by molar-refractivity contribution is 6.32. The number of unbranched alkanes of at least 4 members (excludes halogenated alkanes) is 9. The molecule has 0 aliphatic heterocycles. The van der Waals surface area contributed by atoms with E-state index >= 15 is 0 Å². The van der Waals surface area contributed by atoms with Gasteiger partial charge in [0, 0.05) is 0 Å². The van der Waals surface area contributed by atoms with Gasteiger partial charge in [0.1, 0.15) is 11.9 Å². The fraction of sp³-hybridized carbons (Fsp3) is 0.650. The number of carbonyl (C=O) groups is 1. The minimum atomic E-state index is -1.18. The summed E-state index contributed by atoms with van der Waals surface area (Å²) >= 11 is 6.00. The third-order valence-corrected chi connectivity index (χ3v) is 4.50. The number of para-hydroxylation sites is 1. The number of benzene rings is 1. The average Bonchev–Trinajstić information content (AvgIpc) is 2.57. The summed E-state index contributed by atoms with van der Waals surface area (Å²) in [5, 5.41) is 11.7. The van der Waals surface area contributed by atoms with Crippen LogP contribution in [0.5, 0.6) is 5.75 Å². The SMILES string of the molecule is CCCCCCCCCCCCC(Oc1ccccc1Cl)C(=O)[O-].Cl. The first-order chi connectivity index (χ1) is 11.6. The Balaban J connectivity index is 0.00000576. The molecule has 0 heterocycles. The summed E-state index contributed by atoms with van der Waals surface area (Å²) in [6, 6.07) is 6.92. The molecule has 1 rings (SSSR count). The van der Waals surface area contributed by atoms with Crippen molar-refractivity contribution in [2.75, 3.05) is 0 Å². The molecule has 1 aromatic rings. The molecule has 0 spiro atoms. The Morgan fingerprint density at radius 2 is 1.52 bits per heavy atom. The van der Waals surface area contributed by atoms with E-state index in [4.69, 9.17) is 16.3 Å². The second-order valence-electron chi connectivity index (χ2n) is 6.33. The van der Waals surface area contributed by atoms with Crippen LogP contribution in [0.1, 0.15) is 77.6 Å². The van der Waals surface area contributed by atoms with Crippen molar-refractivity contribution in [3.8, 4) is 5.75 Å². The molecule has 25 heavy (non-hydrogen) atoms. The monoisotopic (exact) mass is 389 g/mol. The Morgan fingerprint density at radius 1 is 1.00 bits per heavy atom. The van der Waals surface area contributed by atoms with Gasteiger partial charge in [-0.05, 0) is 25.0 Å². The van der Waals surface area contributed by atoms with Gasteiger partial charge < -0.3 is 14.6 Å². The lowest BCUT2D eigenvalue weighted by atomic mass is 10.0. The van der Waals surface area contributed by atoms with Crippen molar-refractivity contribution in [2.24, 2.45) is 0 Å². The Labute approximate surface area is 163 Å². The number of halogens is 2. The number of aliphatic carboxylic acids is 1. The third-order valence-electron chi connectivity index (χ3n) is 4.19. The molecule has 0 aliphatic rings. The summed E-state index contributed by atoms with van der Waals surface area (Å²) < 4.78 is 5.50. The Hall–Kier alpha value is -0.930. The number of carboxylic acids is 1. The molecule has 0 saturated heterocycles. The maximum absolute atomic E-state index is 11.2. The van der Waals surface area contributed by atoms with E-state index in [1.165, 1.54) is 44.9 Å². The molecule has 1 aromatic carbocycles. The minimum Gasteiger partial charge on any atom is -0.546 e. The zero-order valence-corrected chi connectivity index (χ0v) is 16.7. The fourth-order valence-corrected chi connectivity index (χ4v) is 2.92. The number of carboxylic acid groups (broad SMARTS) is 1. The van der Waals surface area contributed by atoms with Crippen LogP contribution in [-0.2, 0) is 4.79 Å². The molecule has 0 radical (unpaired) electrons. The van der Waals surface area contributed by atoms with E-state index in [1.807, 2.05) is 0 Å². The van der Waals surface area contributed by atoms with Gasteiger partial charge in [0.15, 0.2) is 0 Å². The molecule has 0 fully saturated rings. The van der Waals surface area contributed by atoms with Crippen molar-refractivity contribution in [1.29, 1.82) is 0 Å². The summed E-state index contributed by atoms with van der Waals surface area (Å²) in [7, 11) is 0. The molecular weight excluding hydrogens is 359 g/mol. The summed E-state index contributed by atoms with van der Waals surface area (Å²) in [6.07, 6.45) is 11.7. The lowest BCUT2D eigenvalue weighted by molar-refractivity contribution is -0.313. The third kappa shape index (κ3) is 11.3. The standard InChI is InChI=1S/C20H31ClO3.ClH/c1-2-3-4-5-6-7-8-9-10-11-16-19(20(22)23)24-18-15-13-12-14-17(18)21;/h12-15,19H,2-11,16H2,1H3,(H,22,23);1H/p-1. The van der Waals surface area contributed by atoms with E-state index in [2.05, 4.69) is 6.92 Å². The Bertz CT molecular complexity index is 466. The molecule has 144 valence electrons. The van der Waals surface area contributed by atoms with Gasteiger partial charge in [0.25, 0.3) is 0 Å². The van der Waals surface area contributed by atoms with Crippen LogP contribution in [0.2, 0.25) is 5.02 Å². The maximum Gasteiger partial charge on any atom is 0.138 e. The van der Waals surface area contributed by atoms with Gasteiger partial charge >= 0.3 is 0 Å². The van der Waals surface area contributed by atoms with Crippen LogP contribution in [0.3, 0.4) is 0 Å². The van der Waals surface area contributed by atoms with Crippen molar-refractivity contribution in [3.05, 3.63) is 29.3 Å². The molecule has 0 aliphatic carbocycles. The summed E-state index contributed by atoms with van der Waals surface area (Å²) in [5.74, 6) is -0.772. The highest BCUT2D eigenvalue weighted by Gasteiger charge is 2.13. The first kappa shape index (κ1) is 24.1. The van der Waals surface area contributed by atoms with Gasteiger partial charge in [-0.2, -0.15) is 0 Å². The molecule has 3 nitrogen and oxygen atoms in total. The van der Waals surface area contributed by atoms with Crippen molar-refractivity contribution in [1.82, 2.24) is 0 Å². The number of carbonyl (C=O) groups excluding carboxylic acids is 1. The van der Waals surface area contributed by atoms with E-state index in [-0.39, 0.29) is 12.4 Å². The van der Waals surface area contributed by atoms with E-state index in [9.17, 15) is 9.90 Å². The second-order valence-corrected chi connectivity index (χ2v) is 6.73. The fourth-order valence-electron chi connectivity index (χ4n) is 2.74. The molecule has 0 N–H and O–H groups in total. The van der Waals surface area contributed by atoms with E-state index in [0.29, 0.717) is 17.2 Å². The number of ether oxygens (including phenoxy) is 1. The average molecular weight is 390 g/mol. The van der Waals surface area contributed by atoms with Crippen LogP contribution in [-0.4, -0.2) is 12.1 Å². The topological polar surface area (TPSA) is 49.4 Å². The van der Waals surface area contributed by atoms with Gasteiger partial charge in [-0.1, -0.05) is 88.4 Å². The Morgan fingerprint density at radius 3 is 2.04 bits per heavy atom. The number of rotatable bonds is 14. The van der Waals surface area contributed by atoms with Gasteiger partial charge in [0.2, 0.25) is 0 Å². The molecule has 5 heteroatoms. The van der Waals surface area contributed by atoms with Gasteiger partial charge in [-0.25, -0.2) is 0 Å². The zero-order valence-electron chi connectivity index (χ0n) is 15.2. The minimum absolute atomic E-state index is 0. The predicted octanol–water partition coefficient (Wildman–Crippen LogP) is 5.57. The molecule has 0 amide bonds. The van der Waals surface area contributed by atoms with Crippen LogP contribution in [0, 0.1) is 0 Å². The molecular formula is C20H31Cl2O3-. The first-order valence-corrected chi connectivity index (χ1v) is 9.65. The van der Waals surface area contributed by atoms with Crippen molar-refractivity contribution >= 4 is 30.0 Å². The summed E-state index contributed by atoms with van der Waals surface area (Å²) in [6.45, 7) is 2.23. The molecule has 1 unspecified atom stereocenters. The molecule has 0 aromatic heterocycles. The largest absolute Gasteiger partial charge is 0.546 e. The summed E-state index contributed by atoms with van der Waals surface area (Å²) in [5.41, 5.74) is 0. The van der Waals surface area contributed by atoms with Crippen molar-refractivity contribution in [2.45, 2.75) is 83.7 Å². The van der Waals surface area contributed by atoms with Crippen LogP contribution in [0.4, 0.5) is 0 Å². The van der Waals surface area contributed by atoms with Crippen LogP contribution < -0.4 is 9.84 Å². The van der Waals surface area contributed by atoms with Gasteiger partial charge in [0.05, 0.1) is 11.0 Å². The normalized spacial score (nSPS) is 11.6. The number of hydrogen-bond donors (Lipinski definition) is 0.